The number of para-hydroxylation sites is 4. The number of rotatable bonds is 1. The van der Waals surface area contributed by atoms with Crippen LogP contribution in [0.2, 0.25) is 0 Å². The van der Waals surface area contributed by atoms with Crippen LogP contribution in [-0.4, -0.2) is 18.9 Å². The first-order valence-corrected chi connectivity index (χ1v) is 14.0. The molecule has 0 aliphatic carbocycles. The van der Waals surface area contributed by atoms with E-state index in [1.807, 2.05) is 30.3 Å². The molecule has 42 heavy (non-hydrogen) atoms. The maximum Gasteiger partial charge on any atom is 0.184 e. The molecule has 0 amide bonds. The number of aromatic nitrogens is 4. The van der Waals surface area contributed by atoms with Crippen LogP contribution in [0, 0.1) is 11.3 Å². The van der Waals surface area contributed by atoms with Crippen molar-refractivity contribution in [2.24, 2.45) is 0 Å². The van der Waals surface area contributed by atoms with Gasteiger partial charge in [0.25, 0.3) is 0 Å². The highest BCUT2D eigenvalue weighted by molar-refractivity contribution is 6.37. The van der Waals surface area contributed by atoms with E-state index in [2.05, 4.69) is 100.0 Å². The van der Waals surface area contributed by atoms with E-state index in [-0.39, 0.29) is 0 Å². The van der Waals surface area contributed by atoms with Crippen molar-refractivity contribution in [1.82, 2.24) is 18.9 Å². The van der Waals surface area contributed by atoms with Gasteiger partial charge in [0.05, 0.1) is 38.6 Å². The Morgan fingerprint density at radius 3 is 2.05 bits per heavy atom. The Hall–Kier alpha value is -5.99. The van der Waals surface area contributed by atoms with Crippen molar-refractivity contribution in [2.45, 2.75) is 0 Å². The van der Waals surface area contributed by atoms with Crippen LogP contribution in [0.3, 0.4) is 0 Å². The molecule has 0 aliphatic heterocycles. The van der Waals surface area contributed by atoms with Crippen LogP contribution in [0.1, 0.15) is 5.69 Å². The van der Waals surface area contributed by atoms with Gasteiger partial charge in [0, 0.05) is 37.7 Å². The van der Waals surface area contributed by atoms with Crippen molar-refractivity contribution in [2.75, 3.05) is 0 Å². The fraction of sp³-hybridized carbons (Fsp3) is 0. The van der Waals surface area contributed by atoms with Gasteiger partial charge in [-0.2, -0.15) is 5.26 Å². The monoisotopic (exact) mass is 533 g/mol. The second-order valence-corrected chi connectivity index (χ2v) is 10.9. The molecule has 5 heteroatoms. The Labute approximate surface area is 238 Å². The molecule has 0 fully saturated rings. The second-order valence-electron chi connectivity index (χ2n) is 10.9. The molecule has 10 aromatic rings. The summed E-state index contributed by atoms with van der Waals surface area (Å²) < 4.78 is 4.60. The van der Waals surface area contributed by atoms with Crippen molar-refractivity contribution >= 4 is 81.7 Å². The molecule has 10 rings (SSSR count). The molecular weight excluding hydrogens is 514 g/mol. The highest BCUT2D eigenvalue weighted by Crippen LogP contribution is 2.47. The zero-order valence-electron chi connectivity index (χ0n) is 22.2. The van der Waals surface area contributed by atoms with E-state index in [0.29, 0.717) is 17.0 Å². The number of nitrogens with zero attached hydrogens (tertiary/aromatic N) is 5. The number of nitriles is 1. The molecule has 0 bridgehead atoms. The predicted molar refractivity (Wildman–Crippen MR) is 171 cm³/mol. The summed E-state index contributed by atoms with van der Waals surface area (Å²) >= 11 is 0. The molecule has 0 spiro atoms. The number of hydrogen-bond acceptors (Lipinski definition) is 3. The quantitative estimate of drug-likeness (QED) is 0.212. The van der Waals surface area contributed by atoms with Crippen molar-refractivity contribution in [3.8, 4) is 11.9 Å². The first kappa shape index (κ1) is 21.8. The van der Waals surface area contributed by atoms with E-state index >= 15 is 0 Å². The summed E-state index contributed by atoms with van der Waals surface area (Å²) in [5, 5.41) is 19.8. The van der Waals surface area contributed by atoms with Gasteiger partial charge in [0.2, 0.25) is 0 Å². The van der Waals surface area contributed by atoms with Gasteiger partial charge in [-0.25, -0.2) is 9.97 Å². The van der Waals surface area contributed by atoms with Crippen LogP contribution < -0.4 is 0 Å². The fourth-order valence-electron chi connectivity index (χ4n) is 7.21. The Morgan fingerprint density at radius 1 is 0.524 bits per heavy atom. The van der Waals surface area contributed by atoms with Gasteiger partial charge >= 0.3 is 0 Å². The highest BCUT2D eigenvalue weighted by Gasteiger charge is 2.26. The lowest BCUT2D eigenvalue weighted by atomic mass is 10.00. The molecule has 0 atom stereocenters. The van der Waals surface area contributed by atoms with E-state index in [4.69, 9.17) is 9.97 Å². The SMILES string of the molecule is N#Cc1nc2ccccc2nc1-n1c2ccccc2c2c3c4ccc5ccccc5c4n4c5ccccc5c(cc21)c34. The molecule has 6 aromatic carbocycles. The molecule has 0 saturated carbocycles. The summed E-state index contributed by atoms with van der Waals surface area (Å²) in [6.45, 7) is 0. The van der Waals surface area contributed by atoms with Crippen LogP contribution in [0.5, 0.6) is 0 Å². The minimum absolute atomic E-state index is 0.307. The van der Waals surface area contributed by atoms with E-state index < -0.39 is 0 Å². The lowest BCUT2D eigenvalue weighted by molar-refractivity contribution is 1.06. The van der Waals surface area contributed by atoms with Crippen molar-refractivity contribution in [1.29, 1.82) is 5.26 Å². The molecule has 0 N–H and O–H groups in total. The van der Waals surface area contributed by atoms with Crippen LogP contribution in [0.4, 0.5) is 0 Å². The summed E-state index contributed by atoms with van der Waals surface area (Å²) in [7, 11) is 0. The fourth-order valence-corrected chi connectivity index (χ4v) is 7.21. The molecule has 0 unspecified atom stereocenters. The third-order valence-electron chi connectivity index (χ3n) is 8.86. The Balaban J connectivity index is 1.53. The normalized spacial score (nSPS) is 12.3. The van der Waals surface area contributed by atoms with Crippen LogP contribution in [0.25, 0.3) is 87.5 Å². The van der Waals surface area contributed by atoms with Crippen molar-refractivity contribution in [3.05, 3.63) is 121 Å². The number of fused-ring (bicyclic) bond motifs is 13. The van der Waals surface area contributed by atoms with Gasteiger partial charge in [-0.05, 0) is 35.7 Å². The van der Waals surface area contributed by atoms with Crippen LogP contribution in [-0.2, 0) is 0 Å². The Bertz CT molecular complexity index is 2810. The van der Waals surface area contributed by atoms with E-state index in [0.717, 1.165) is 27.3 Å². The van der Waals surface area contributed by atoms with Gasteiger partial charge in [-0.1, -0.05) is 84.9 Å². The van der Waals surface area contributed by atoms with E-state index in [1.54, 1.807) is 0 Å². The minimum Gasteiger partial charge on any atom is -0.307 e. The minimum atomic E-state index is 0.307. The van der Waals surface area contributed by atoms with Crippen molar-refractivity contribution < 1.29 is 0 Å². The van der Waals surface area contributed by atoms with Crippen molar-refractivity contribution in [3.63, 3.8) is 0 Å². The van der Waals surface area contributed by atoms with E-state index in [9.17, 15) is 5.26 Å². The molecule has 4 aromatic heterocycles. The molecule has 0 saturated heterocycles. The predicted octanol–water partition coefficient (Wildman–Crippen LogP) is 8.90. The third kappa shape index (κ3) is 2.53. The third-order valence-corrected chi connectivity index (χ3v) is 8.86. The first-order valence-electron chi connectivity index (χ1n) is 14.0. The summed E-state index contributed by atoms with van der Waals surface area (Å²) in [4.78, 5) is 9.79. The van der Waals surface area contributed by atoms with Crippen LogP contribution >= 0.6 is 0 Å². The average molecular weight is 534 g/mol. The summed E-state index contributed by atoms with van der Waals surface area (Å²) in [6.07, 6.45) is 0. The standard InChI is InChI=1S/C37H19N5/c38-20-29-37(40-28-14-6-5-13-27(28)39-29)41-31-16-8-4-12-24(31)33-32(41)19-26-23-11-3-7-15-30(23)42-35-22-10-2-1-9-21(22)17-18-25(35)34(33)36(26)42/h1-19H. The Morgan fingerprint density at radius 2 is 1.21 bits per heavy atom. The largest absolute Gasteiger partial charge is 0.307 e. The molecule has 0 aliphatic rings. The maximum absolute atomic E-state index is 10.3. The lowest BCUT2D eigenvalue weighted by Gasteiger charge is -2.10. The molecule has 4 heterocycles. The van der Waals surface area contributed by atoms with Gasteiger partial charge in [-0.3, -0.25) is 4.57 Å². The molecule has 192 valence electrons. The summed E-state index contributed by atoms with van der Waals surface area (Å²) in [6, 6.07) is 42.6. The maximum atomic E-state index is 10.3. The van der Waals surface area contributed by atoms with Gasteiger partial charge in [0.15, 0.2) is 11.5 Å². The van der Waals surface area contributed by atoms with Gasteiger partial charge in [-0.15, -0.1) is 0 Å². The van der Waals surface area contributed by atoms with E-state index in [1.165, 1.54) is 48.9 Å². The lowest BCUT2D eigenvalue weighted by Crippen LogP contribution is -2.04. The second kappa shape index (κ2) is 7.60. The highest BCUT2D eigenvalue weighted by atomic mass is 15.1. The van der Waals surface area contributed by atoms with Gasteiger partial charge in [0.1, 0.15) is 6.07 Å². The summed E-state index contributed by atoms with van der Waals surface area (Å²) in [5.41, 5.74) is 7.44. The zero-order valence-corrected chi connectivity index (χ0v) is 22.2. The smallest absolute Gasteiger partial charge is 0.184 e. The topological polar surface area (TPSA) is 58.9 Å². The first-order chi connectivity index (χ1) is 20.8. The molecule has 5 nitrogen and oxygen atoms in total. The Kier molecular flexibility index (Phi) is 3.94. The molecule has 0 radical (unpaired) electrons. The zero-order chi connectivity index (χ0) is 27.5. The summed E-state index contributed by atoms with van der Waals surface area (Å²) in [5.74, 6) is 0.550. The number of benzene rings is 6. The average Bonchev–Trinajstić information content (AvgIpc) is 3.68. The molecular formula is C37H19N5. The number of hydrogen-bond donors (Lipinski definition) is 0. The van der Waals surface area contributed by atoms with Gasteiger partial charge < -0.3 is 4.40 Å². The van der Waals surface area contributed by atoms with Crippen LogP contribution in [0.15, 0.2) is 115 Å².